The van der Waals surface area contributed by atoms with Gasteiger partial charge in [0, 0.05) is 6.42 Å². The van der Waals surface area contributed by atoms with Crippen molar-refractivity contribution in [2.24, 2.45) is 0 Å². The van der Waals surface area contributed by atoms with E-state index in [9.17, 15) is 9.59 Å². The third-order valence-corrected chi connectivity index (χ3v) is 3.06. The summed E-state index contributed by atoms with van der Waals surface area (Å²) in [6, 6.07) is -0.555. The number of nitrogens with one attached hydrogen (secondary N) is 2. The van der Waals surface area contributed by atoms with E-state index in [1.165, 1.54) is 0 Å². The Morgan fingerprint density at radius 1 is 1.59 bits per heavy atom. The quantitative estimate of drug-likeness (QED) is 0.659. The first-order valence-corrected chi connectivity index (χ1v) is 6.33. The Kier molecular flexibility index (Phi) is 5.97. The van der Waals surface area contributed by atoms with E-state index in [4.69, 9.17) is 4.74 Å². The second-order valence-corrected chi connectivity index (χ2v) is 4.36. The van der Waals surface area contributed by atoms with Crippen LogP contribution < -0.4 is 10.6 Å². The molecule has 2 atom stereocenters. The number of ether oxygens (including phenoxy) is 1. The smallest absolute Gasteiger partial charge is 0.407 e. The topological polar surface area (TPSA) is 67.4 Å². The number of carbonyl (C=O) groups excluding carboxylic acids is 2. The van der Waals surface area contributed by atoms with E-state index in [0.717, 1.165) is 25.7 Å². The molecule has 0 saturated carbocycles. The number of hydrogen-bond acceptors (Lipinski definition) is 4. The van der Waals surface area contributed by atoms with E-state index in [-0.39, 0.29) is 11.8 Å². The second kappa shape index (κ2) is 7.27. The number of rotatable bonds is 7. The van der Waals surface area contributed by atoms with Gasteiger partial charge in [-0.25, -0.2) is 4.79 Å². The molecule has 17 heavy (non-hydrogen) atoms. The van der Waals surface area contributed by atoms with Gasteiger partial charge in [-0.1, -0.05) is 26.2 Å². The molecule has 2 N–H and O–H groups in total. The minimum atomic E-state index is -0.488. The molecule has 5 nitrogen and oxygen atoms in total. The van der Waals surface area contributed by atoms with Crippen molar-refractivity contribution in [3.63, 3.8) is 0 Å². The van der Waals surface area contributed by atoms with Crippen molar-refractivity contribution < 1.29 is 14.3 Å². The number of carbonyl (C=O) groups is 2. The van der Waals surface area contributed by atoms with Crippen LogP contribution in [-0.2, 0) is 9.53 Å². The van der Waals surface area contributed by atoms with E-state index < -0.39 is 12.1 Å². The first-order chi connectivity index (χ1) is 8.19. The van der Waals surface area contributed by atoms with Crippen LogP contribution in [0.2, 0.25) is 0 Å². The van der Waals surface area contributed by atoms with E-state index in [0.29, 0.717) is 13.0 Å². The van der Waals surface area contributed by atoms with Crippen LogP contribution in [0.25, 0.3) is 0 Å². The minimum Gasteiger partial charge on any atom is -0.449 e. The zero-order valence-corrected chi connectivity index (χ0v) is 10.6. The molecule has 1 saturated heterocycles. The third kappa shape index (κ3) is 4.34. The summed E-state index contributed by atoms with van der Waals surface area (Å²) in [5.41, 5.74) is 0. The minimum absolute atomic E-state index is 0.0697. The van der Waals surface area contributed by atoms with Gasteiger partial charge in [-0.3, -0.25) is 4.79 Å². The fourth-order valence-corrected chi connectivity index (χ4v) is 2.01. The van der Waals surface area contributed by atoms with Gasteiger partial charge in [-0.2, -0.15) is 0 Å². The lowest BCUT2D eigenvalue weighted by Crippen LogP contribution is -2.52. The van der Waals surface area contributed by atoms with Crippen LogP contribution in [0.3, 0.4) is 0 Å². The summed E-state index contributed by atoms with van der Waals surface area (Å²) < 4.78 is 4.75. The zero-order chi connectivity index (χ0) is 12.7. The zero-order valence-electron chi connectivity index (χ0n) is 10.6. The number of amides is 1. The first kappa shape index (κ1) is 14.0. The van der Waals surface area contributed by atoms with Crippen LogP contribution in [0.5, 0.6) is 0 Å². The monoisotopic (exact) mass is 242 g/mol. The lowest BCUT2D eigenvalue weighted by molar-refractivity contribution is -0.124. The predicted molar refractivity (Wildman–Crippen MR) is 64.9 cm³/mol. The Hall–Kier alpha value is -1.10. The average molecular weight is 242 g/mol. The van der Waals surface area contributed by atoms with Crippen LogP contribution in [0.1, 0.15) is 39.0 Å². The molecule has 0 spiro atoms. The Labute approximate surface area is 102 Å². The standard InChI is InChI=1S/C12H22N2O3/c1-3-4-5-6-9(13-2)11(15)10-7-8-17-12(16)14-10/h9-10,13H,3-8H2,1-2H3,(H,14,16)/t9-,10?/m1/s1. The number of ketones is 1. The lowest BCUT2D eigenvalue weighted by atomic mass is 9.97. The summed E-state index contributed by atoms with van der Waals surface area (Å²) in [4.78, 5) is 23.2. The third-order valence-electron chi connectivity index (χ3n) is 3.06. The number of likely N-dealkylation sites (N-methyl/N-ethyl adjacent to an activating group) is 1. The molecule has 1 heterocycles. The summed E-state index contributed by atoms with van der Waals surface area (Å²) in [5, 5.41) is 5.60. The molecule has 1 unspecified atom stereocenters. The van der Waals surface area contributed by atoms with Crippen molar-refractivity contribution in [3.05, 3.63) is 0 Å². The van der Waals surface area contributed by atoms with E-state index in [1.807, 2.05) is 0 Å². The van der Waals surface area contributed by atoms with Gasteiger partial charge in [0.05, 0.1) is 18.7 Å². The molecule has 0 bridgehead atoms. The molecule has 0 aromatic heterocycles. The highest BCUT2D eigenvalue weighted by Crippen LogP contribution is 2.10. The Bertz CT molecular complexity index is 268. The molecule has 1 aliphatic rings. The fourth-order valence-electron chi connectivity index (χ4n) is 2.01. The maximum Gasteiger partial charge on any atom is 0.407 e. The molecule has 0 aliphatic carbocycles. The second-order valence-electron chi connectivity index (χ2n) is 4.36. The number of unbranched alkanes of at least 4 members (excludes halogenated alkanes) is 2. The van der Waals surface area contributed by atoms with Crippen molar-refractivity contribution in [3.8, 4) is 0 Å². The maximum absolute atomic E-state index is 12.1. The Balaban J connectivity index is 2.44. The fraction of sp³-hybridized carbons (Fsp3) is 0.833. The molecule has 1 amide bonds. The molecule has 0 aromatic rings. The van der Waals surface area contributed by atoms with Crippen LogP contribution >= 0.6 is 0 Å². The largest absolute Gasteiger partial charge is 0.449 e. The lowest BCUT2D eigenvalue weighted by Gasteiger charge is -2.26. The molecular weight excluding hydrogens is 220 g/mol. The molecule has 0 aromatic carbocycles. The summed E-state index contributed by atoms with van der Waals surface area (Å²) >= 11 is 0. The molecule has 1 fully saturated rings. The van der Waals surface area contributed by atoms with E-state index in [1.54, 1.807) is 7.05 Å². The predicted octanol–water partition coefficient (Wildman–Crippen LogP) is 1.22. The van der Waals surface area contributed by atoms with E-state index in [2.05, 4.69) is 17.6 Å². The first-order valence-electron chi connectivity index (χ1n) is 6.33. The summed E-state index contributed by atoms with van der Waals surface area (Å²) in [6.07, 6.45) is 4.21. The number of alkyl carbamates (subject to hydrolysis) is 1. The highest BCUT2D eigenvalue weighted by molar-refractivity contribution is 5.92. The van der Waals surface area contributed by atoms with Crippen LogP contribution in [-0.4, -0.2) is 37.6 Å². The summed E-state index contributed by atoms with van der Waals surface area (Å²) in [6.45, 7) is 2.46. The Morgan fingerprint density at radius 3 is 2.94 bits per heavy atom. The SMILES string of the molecule is CCCCC[C@@H](NC)C(=O)C1CCOC(=O)N1. The molecule has 0 radical (unpaired) electrons. The van der Waals surface area contributed by atoms with Crippen LogP contribution in [0.4, 0.5) is 4.79 Å². The van der Waals surface area contributed by atoms with Gasteiger partial charge in [0.2, 0.25) is 0 Å². The molecular formula is C12H22N2O3. The summed E-state index contributed by atoms with van der Waals surface area (Å²) in [5.74, 6) is 0.0697. The van der Waals surface area contributed by atoms with Crippen molar-refractivity contribution in [1.82, 2.24) is 10.6 Å². The van der Waals surface area contributed by atoms with Crippen molar-refractivity contribution in [2.75, 3.05) is 13.7 Å². The number of hydrogen-bond donors (Lipinski definition) is 2. The van der Waals surface area contributed by atoms with Crippen molar-refractivity contribution in [2.45, 2.75) is 51.1 Å². The van der Waals surface area contributed by atoms with Crippen LogP contribution in [0, 0.1) is 0 Å². The van der Waals surface area contributed by atoms with Gasteiger partial charge in [-0.05, 0) is 13.5 Å². The van der Waals surface area contributed by atoms with Gasteiger partial charge in [0.15, 0.2) is 5.78 Å². The number of cyclic esters (lactones) is 1. The van der Waals surface area contributed by atoms with Gasteiger partial charge in [0.1, 0.15) is 0 Å². The van der Waals surface area contributed by atoms with Crippen molar-refractivity contribution in [1.29, 1.82) is 0 Å². The average Bonchev–Trinajstić information content (AvgIpc) is 2.34. The summed E-state index contributed by atoms with van der Waals surface area (Å²) in [7, 11) is 1.79. The van der Waals surface area contributed by atoms with Crippen molar-refractivity contribution >= 4 is 11.9 Å². The van der Waals surface area contributed by atoms with Crippen LogP contribution in [0.15, 0.2) is 0 Å². The molecule has 98 valence electrons. The highest BCUT2D eigenvalue weighted by Gasteiger charge is 2.30. The van der Waals surface area contributed by atoms with Gasteiger partial charge in [-0.15, -0.1) is 0 Å². The van der Waals surface area contributed by atoms with E-state index >= 15 is 0 Å². The normalized spacial score (nSPS) is 21.5. The maximum atomic E-state index is 12.1. The van der Waals surface area contributed by atoms with Gasteiger partial charge >= 0.3 is 6.09 Å². The Morgan fingerprint density at radius 2 is 2.35 bits per heavy atom. The molecule has 1 aliphatic heterocycles. The van der Waals surface area contributed by atoms with Gasteiger partial charge in [0.25, 0.3) is 0 Å². The number of Topliss-reactive ketones (excluding diaryl/α,β-unsaturated/α-hetero) is 1. The molecule has 5 heteroatoms. The molecule has 1 rings (SSSR count). The van der Waals surface area contributed by atoms with Gasteiger partial charge < -0.3 is 15.4 Å². The highest BCUT2D eigenvalue weighted by atomic mass is 16.5.